The summed E-state index contributed by atoms with van der Waals surface area (Å²) in [5, 5.41) is 0.552. The molecule has 0 amide bonds. The Morgan fingerprint density at radius 2 is 1.77 bits per heavy atom. The van der Waals surface area contributed by atoms with Crippen molar-refractivity contribution in [1.82, 2.24) is 9.97 Å². The summed E-state index contributed by atoms with van der Waals surface area (Å²) in [7, 11) is 0. The van der Waals surface area contributed by atoms with E-state index in [0.717, 1.165) is 11.5 Å². The molecule has 0 unspecified atom stereocenters. The summed E-state index contributed by atoms with van der Waals surface area (Å²) < 4.78 is 0. The smallest absolute Gasteiger partial charge is 0.119 e. The number of nitrogens with one attached hydrogen (secondary N) is 1. The summed E-state index contributed by atoms with van der Waals surface area (Å²) in [6.07, 6.45) is 12.7. The first-order valence-electron chi connectivity index (χ1n) is 11.6. The van der Waals surface area contributed by atoms with Crippen molar-refractivity contribution in [1.29, 1.82) is 0 Å². The van der Waals surface area contributed by atoms with Gasteiger partial charge in [-0.3, -0.25) is 0 Å². The molecule has 154 valence electrons. The molecular formula is C27H30N2S. The Labute approximate surface area is 183 Å². The lowest BCUT2D eigenvalue weighted by Gasteiger charge is -2.27. The summed E-state index contributed by atoms with van der Waals surface area (Å²) in [6.45, 7) is 2.30. The summed E-state index contributed by atoms with van der Waals surface area (Å²) in [4.78, 5) is 8.27. The molecule has 1 aliphatic heterocycles. The van der Waals surface area contributed by atoms with Gasteiger partial charge in [-0.1, -0.05) is 49.2 Å². The number of thioether (sulfide) groups is 1. The van der Waals surface area contributed by atoms with Crippen molar-refractivity contribution in [3.05, 3.63) is 65.1 Å². The molecule has 1 N–H and O–H groups in total. The average molecular weight is 415 g/mol. The Balaban J connectivity index is 1.35. The second-order valence-corrected chi connectivity index (χ2v) is 10.8. The van der Waals surface area contributed by atoms with Gasteiger partial charge in [-0.05, 0) is 90.0 Å². The molecule has 2 aromatic carbocycles. The predicted octanol–water partition coefficient (Wildman–Crippen LogP) is 7.38. The molecule has 6 rings (SSSR count). The Morgan fingerprint density at radius 3 is 2.53 bits per heavy atom. The Hall–Kier alpha value is -2.00. The van der Waals surface area contributed by atoms with E-state index in [1.807, 2.05) is 18.0 Å². The van der Waals surface area contributed by atoms with Gasteiger partial charge in [0.25, 0.3) is 0 Å². The van der Waals surface area contributed by atoms with Crippen molar-refractivity contribution < 1.29 is 0 Å². The number of hydrogen-bond donors (Lipinski definition) is 1. The minimum absolute atomic E-state index is 0.451. The Kier molecular flexibility index (Phi) is 4.56. The van der Waals surface area contributed by atoms with Crippen molar-refractivity contribution in [2.75, 3.05) is 5.75 Å². The summed E-state index contributed by atoms with van der Waals surface area (Å²) in [5.74, 6) is 2.41. The van der Waals surface area contributed by atoms with E-state index in [-0.39, 0.29) is 0 Å². The van der Waals surface area contributed by atoms with Gasteiger partial charge in [-0.2, -0.15) is 11.8 Å². The molecule has 30 heavy (non-hydrogen) atoms. The van der Waals surface area contributed by atoms with Gasteiger partial charge in [0.1, 0.15) is 5.82 Å². The van der Waals surface area contributed by atoms with Crippen molar-refractivity contribution in [2.24, 2.45) is 0 Å². The Morgan fingerprint density at radius 1 is 0.967 bits per heavy atom. The molecule has 1 saturated heterocycles. The highest BCUT2D eigenvalue weighted by atomic mass is 32.2. The first-order chi connectivity index (χ1) is 14.7. The first-order valence-corrected chi connectivity index (χ1v) is 12.7. The van der Waals surface area contributed by atoms with Crippen LogP contribution in [0, 0.1) is 6.92 Å². The van der Waals surface area contributed by atoms with Crippen LogP contribution < -0.4 is 0 Å². The number of benzene rings is 2. The van der Waals surface area contributed by atoms with Gasteiger partial charge in [-0.15, -0.1) is 0 Å². The van der Waals surface area contributed by atoms with Gasteiger partial charge >= 0.3 is 0 Å². The number of rotatable bonds is 3. The number of nitrogens with zero attached hydrogens (tertiary/aromatic N) is 1. The lowest BCUT2D eigenvalue weighted by Crippen LogP contribution is -2.19. The maximum Gasteiger partial charge on any atom is 0.119 e. The van der Waals surface area contributed by atoms with Crippen LogP contribution in [0.5, 0.6) is 0 Å². The van der Waals surface area contributed by atoms with E-state index < -0.39 is 0 Å². The van der Waals surface area contributed by atoms with Crippen LogP contribution in [-0.2, 0) is 11.8 Å². The van der Waals surface area contributed by atoms with Crippen molar-refractivity contribution in [3.63, 3.8) is 0 Å². The van der Waals surface area contributed by atoms with Crippen LogP contribution in [-0.4, -0.2) is 15.7 Å². The number of aromatic nitrogens is 2. The number of imidazole rings is 1. The molecule has 2 nitrogen and oxygen atoms in total. The number of aryl methyl sites for hydroxylation is 1. The predicted molar refractivity (Wildman–Crippen MR) is 127 cm³/mol. The summed E-state index contributed by atoms with van der Waals surface area (Å²) >= 11 is 2.03. The highest BCUT2D eigenvalue weighted by molar-refractivity contribution is 7.99. The van der Waals surface area contributed by atoms with Crippen molar-refractivity contribution in [3.8, 4) is 22.4 Å². The number of H-pyrrole nitrogens is 1. The Bertz CT molecular complexity index is 1070. The van der Waals surface area contributed by atoms with Crippen LogP contribution in [0.3, 0.4) is 0 Å². The molecule has 1 saturated carbocycles. The second kappa shape index (κ2) is 7.30. The molecule has 3 aliphatic rings. The van der Waals surface area contributed by atoms with Gasteiger partial charge in [0.2, 0.25) is 0 Å². The van der Waals surface area contributed by atoms with Crippen molar-refractivity contribution in [2.45, 2.75) is 69.0 Å². The molecular weight excluding hydrogens is 384 g/mol. The number of fused-ring (bicyclic) bond motifs is 2. The summed E-state index contributed by atoms with van der Waals surface area (Å²) in [6, 6.07) is 13.9. The lowest BCUT2D eigenvalue weighted by atomic mass is 9.76. The summed E-state index contributed by atoms with van der Waals surface area (Å²) in [5.41, 5.74) is 10.5. The molecule has 1 atom stereocenters. The number of hydrogen-bond acceptors (Lipinski definition) is 2. The van der Waals surface area contributed by atoms with Crippen molar-refractivity contribution >= 4 is 11.8 Å². The third kappa shape index (κ3) is 2.97. The maximum absolute atomic E-state index is 4.68. The minimum Gasteiger partial charge on any atom is -0.341 e. The zero-order chi connectivity index (χ0) is 20.1. The molecule has 2 fully saturated rings. The monoisotopic (exact) mass is 414 g/mol. The lowest BCUT2D eigenvalue weighted by molar-refractivity contribution is 0.440. The average Bonchev–Trinajstić information content (AvgIpc) is 3.58. The van der Waals surface area contributed by atoms with Crippen LogP contribution in [0.1, 0.15) is 72.7 Å². The van der Waals surface area contributed by atoms with Gasteiger partial charge in [0, 0.05) is 0 Å². The molecule has 1 spiro atoms. The molecule has 2 aliphatic carbocycles. The van der Waals surface area contributed by atoms with E-state index >= 15 is 0 Å². The van der Waals surface area contributed by atoms with Crippen LogP contribution in [0.2, 0.25) is 0 Å². The topological polar surface area (TPSA) is 28.7 Å². The quantitative estimate of drug-likeness (QED) is 0.484. The van der Waals surface area contributed by atoms with Crippen LogP contribution in [0.4, 0.5) is 0 Å². The van der Waals surface area contributed by atoms with Crippen LogP contribution in [0.15, 0.2) is 42.6 Å². The number of aromatic amines is 1. The third-order valence-corrected chi connectivity index (χ3v) is 9.21. The molecule has 0 bridgehead atoms. The van der Waals surface area contributed by atoms with Crippen LogP contribution >= 0.6 is 11.8 Å². The van der Waals surface area contributed by atoms with E-state index in [9.17, 15) is 0 Å². The normalized spacial score (nSPS) is 22.1. The SMILES string of the molecule is Cc1ccc(-c2ccc(-c3cnc([C@H]4CCCS4)[nH]3)cc2)c2c1CCC21CCCC1. The minimum atomic E-state index is 0.451. The van der Waals surface area contributed by atoms with Crippen LogP contribution in [0.25, 0.3) is 22.4 Å². The molecule has 3 heteroatoms. The van der Waals surface area contributed by atoms with E-state index in [0.29, 0.717) is 10.7 Å². The molecule has 0 radical (unpaired) electrons. The maximum atomic E-state index is 4.68. The fourth-order valence-corrected chi connectivity index (χ4v) is 7.46. The zero-order valence-corrected chi connectivity index (χ0v) is 18.7. The fraction of sp³-hybridized carbons (Fsp3) is 0.444. The first kappa shape index (κ1) is 18.7. The highest BCUT2D eigenvalue weighted by Crippen LogP contribution is 2.54. The zero-order valence-electron chi connectivity index (χ0n) is 17.8. The standard InChI is InChI=1S/C27H30N2S/c1-18-6-11-22(25-21(18)12-15-27(25)13-2-3-14-27)19-7-9-20(10-8-19)23-17-28-26(29-23)24-5-4-16-30-24/h6-11,17,24H,2-5,12-16H2,1H3,(H,28,29)/t24-/m1/s1. The van der Waals surface area contributed by atoms with Gasteiger partial charge in [0.05, 0.1) is 17.1 Å². The molecule has 1 aromatic heterocycles. The third-order valence-electron chi connectivity index (χ3n) is 7.83. The highest BCUT2D eigenvalue weighted by Gasteiger charge is 2.43. The van der Waals surface area contributed by atoms with E-state index in [2.05, 4.69) is 53.3 Å². The molecule has 2 heterocycles. The fourth-order valence-electron chi connectivity index (χ4n) is 6.23. The van der Waals surface area contributed by atoms with E-state index in [1.54, 1.807) is 11.1 Å². The molecule has 3 aromatic rings. The van der Waals surface area contributed by atoms with E-state index in [4.69, 9.17) is 0 Å². The largest absolute Gasteiger partial charge is 0.341 e. The van der Waals surface area contributed by atoms with Gasteiger partial charge in [-0.25, -0.2) is 4.98 Å². The van der Waals surface area contributed by atoms with E-state index in [1.165, 1.54) is 79.4 Å². The van der Waals surface area contributed by atoms with Gasteiger partial charge in [0.15, 0.2) is 0 Å². The van der Waals surface area contributed by atoms with Gasteiger partial charge < -0.3 is 4.98 Å². The second-order valence-electron chi connectivity index (χ2n) is 9.53.